The van der Waals surface area contributed by atoms with Crippen LogP contribution in [0.2, 0.25) is 0 Å². The summed E-state index contributed by atoms with van der Waals surface area (Å²) in [7, 11) is 2.06. The van der Waals surface area contributed by atoms with E-state index in [2.05, 4.69) is 36.2 Å². The maximum Gasteiger partial charge on any atom is 0.0952 e. The largest absolute Gasteiger partial charge is 0.472 e. The Balaban J connectivity index is 2.06. The topological polar surface area (TPSA) is 42.4 Å². The smallest absolute Gasteiger partial charge is 0.0952 e. The van der Waals surface area contributed by atoms with Gasteiger partial charge in [0.25, 0.3) is 0 Å². The first-order valence-electron chi connectivity index (χ1n) is 5.74. The van der Waals surface area contributed by atoms with Crippen LogP contribution in [0, 0.1) is 0 Å². The average molecular weight is 230 g/mol. The summed E-state index contributed by atoms with van der Waals surface area (Å²) in [5, 5.41) is 0. The third-order valence-electron chi connectivity index (χ3n) is 2.86. The maximum absolute atomic E-state index is 5.82. The molecule has 1 aromatic heterocycles. The van der Waals surface area contributed by atoms with E-state index in [1.165, 1.54) is 11.3 Å². The lowest BCUT2D eigenvalue weighted by atomic mass is 10.1. The van der Waals surface area contributed by atoms with Gasteiger partial charge in [-0.3, -0.25) is 0 Å². The number of furan rings is 1. The molecule has 0 aliphatic heterocycles. The highest BCUT2D eigenvalue weighted by Crippen LogP contribution is 2.18. The van der Waals surface area contributed by atoms with E-state index < -0.39 is 0 Å². The first-order chi connectivity index (χ1) is 8.16. The van der Waals surface area contributed by atoms with Gasteiger partial charge in [-0.1, -0.05) is 12.1 Å². The van der Waals surface area contributed by atoms with Crippen LogP contribution in [0.4, 0.5) is 5.69 Å². The first kappa shape index (κ1) is 11.7. The summed E-state index contributed by atoms with van der Waals surface area (Å²) in [6.07, 6.45) is 3.47. The number of hydrogen-bond acceptors (Lipinski definition) is 3. The molecule has 1 atom stereocenters. The Kier molecular flexibility index (Phi) is 3.49. The molecule has 0 bridgehead atoms. The van der Waals surface area contributed by atoms with Crippen molar-refractivity contribution in [3.8, 4) is 0 Å². The van der Waals surface area contributed by atoms with Crippen LogP contribution in [0.1, 0.15) is 24.1 Å². The quantitative estimate of drug-likeness (QED) is 0.878. The summed E-state index contributed by atoms with van der Waals surface area (Å²) < 4.78 is 5.06. The lowest BCUT2D eigenvalue weighted by molar-refractivity contribution is 0.563. The molecule has 3 nitrogen and oxygen atoms in total. The van der Waals surface area contributed by atoms with Crippen LogP contribution in [-0.4, -0.2) is 7.05 Å². The zero-order valence-electron chi connectivity index (χ0n) is 10.3. The molecule has 2 rings (SSSR count). The van der Waals surface area contributed by atoms with E-state index in [4.69, 9.17) is 10.2 Å². The second-order valence-electron chi connectivity index (χ2n) is 4.37. The Morgan fingerprint density at radius 1 is 1.24 bits per heavy atom. The van der Waals surface area contributed by atoms with Gasteiger partial charge in [-0.15, -0.1) is 0 Å². The minimum Gasteiger partial charge on any atom is -0.472 e. The summed E-state index contributed by atoms with van der Waals surface area (Å²) in [4.78, 5) is 2.18. The molecule has 2 N–H and O–H groups in total. The number of rotatable bonds is 4. The summed E-state index contributed by atoms with van der Waals surface area (Å²) in [5.41, 5.74) is 9.33. The third-order valence-corrected chi connectivity index (χ3v) is 2.86. The molecule has 90 valence electrons. The van der Waals surface area contributed by atoms with Crippen molar-refractivity contribution in [1.29, 1.82) is 0 Å². The fourth-order valence-electron chi connectivity index (χ4n) is 1.78. The van der Waals surface area contributed by atoms with Gasteiger partial charge < -0.3 is 15.1 Å². The van der Waals surface area contributed by atoms with Gasteiger partial charge >= 0.3 is 0 Å². The van der Waals surface area contributed by atoms with E-state index in [0.717, 1.165) is 12.1 Å². The number of nitrogens with two attached hydrogens (primary N) is 1. The Labute approximate surface area is 102 Å². The molecule has 0 aliphatic carbocycles. The molecular formula is C14H18N2O. The van der Waals surface area contributed by atoms with Gasteiger partial charge in [0, 0.05) is 30.9 Å². The van der Waals surface area contributed by atoms with E-state index in [1.807, 2.05) is 13.0 Å². The van der Waals surface area contributed by atoms with E-state index >= 15 is 0 Å². The van der Waals surface area contributed by atoms with Crippen LogP contribution < -0.4 is 10.6 Å². The SMILES string of the molecule is C[C@H](N)c1ccc(N(C)Cc2ccoc2)cc1. The zero-order chi connectivity index (χ0) is 12.3. The molecule has 3 heteroatoms. The Bertz CT molecular complexity index is 446. The van der Waals surface area contributed by atoms with Gasteiger partial charge in [0.05, 0.1) is 12.5 Å². The van der Waals surface area contributed by atoms with Crippen LogP contribution in [-0.2, 0) is 6.54 Å². The fourth-order valence-corrected chi connectivity index (χ4v) is 1.78. The van der Waals surface area contributed by atoms with Crippen molar-refractivity contribution < 1.29 is 4.42 Å². The number of hydrogen-bond donors (Lipinski definition) is 1. The van der Waals surface area contributed by atoms with E-state index in [1.54, 1.807) is 12.5 Å². The predicted molar refractivity (Wildman–Crippen MR) is 69.9 cm³/mol. The standard InChI is InChI=1S/C14H18N2O/c1-11(15)13-3-5-14(6-4-13)16(2)9-12-7-8-17-10-12/h3-8,10-11H,9,15H2,1-2H3/t11-/m0/s1. The lowest BCUT2D eigenvalue weighted by Crippen LogP contribution is -2.16. The van der Waals surface area contributed by atoms with Gasteiger partial charge in [0.15, 0.2) is 0 Å². The van der Waals surface area contributed by atoms with Crippen molar-refractivity contribution in [2.24, 2.45) is 5.73 Å². The van der Waals surface area contributed by atoms with Crippen molar-refractivity contribution in [2.75, 3.05) is 11.9 Å². The van der Waals surface area contributed by atoms with Crippen LogP contribution in [0.3, 0.4) is 0 Å². The molecule has 0 fully saturated rings. The van der Waals surface area contributed by atoms with Crippen molar-refractivity contribution in [3.05, 3.63) is 54.0 Å². The van der Waals surface area contributed by atoms with Gasteiger partial charge in [0.1, 0.15) is 0 Å². The van der Waals surface area contributed by atoms with Crippen molar-refractivity contribution >= 4 is 5.69 Å². The van der Waals surface area contributed by atoms with Gasteiger partial charge in [0.2, 0.25) is 0 Å². The number of benzene rings is 1. The second-order valence-corrected chi connectivity index (χ2v) is 4.37. The maximum atomic E-state index is 5.82. The van der Waals surface area contributed by atoms with Crippen LogP contribution in [0.15, 0.2) is 47.3 Å². The van der Waals surface area contributed by atoms with E-state index in [9.17, 15) is 0 Å². The van der Waals surface area contributed by atoms with E-state index in [0.29, 0.717) is 0 Å². The molecule has 0 saturated heterocycles. The normalized spacial score (nSPS) is 12.4. The van der Waals surface area contributed by atoms with Gasteiger partial charge in [-0.25, -0.2) is 0 Å². The Morgan fingerprint density at radius 3 is 2.47 bits per heavy atom. The highest BCUT2D eigenvalue weighted by Gasteiger charge is 2.04. The predicted octanol–water partition coefficient (Wildman–Crippen LogP) is 2.94. The summed E-state index contributed by atoms with van der Waals surface area (Å²) >= 11 is 0. The molecule has 0 aliphatic rings. The number of nitrogens with zero attached hydrogens (tertiary/aromatic N) is 1. The molecule has 0 amide bonds. The van der Waals surface area contributed by atoms with Gasteiger partial charge in [-0.2, -0.15) is 0 Å². The van der Waals surface area contributed by atoms with E-state index in [-0.39, 0.29) is 6.04 Å². The highest BCUT2D eigenvalue weighted by atomic mass is 16.3. The molecular weight excluding hydrogens is 212 g/mol. The Hall–Kier alpha value is -1.74. The molecule has 17 heavy (non-hydrogen) atoms. The molecule has 0 radical (unpaired) electrons. The molecule has 0 saturated carbocycles. The Morgan fingerprint density at radius 2 is 1.94 bits per heavy atom. The van der Waals surface area contributed by atoms with Crippen molar-refractivity contribution in [2.45, 2.75) is 19.5 Å². The zero-order valence-corrected chi connectivity index (χ0v) is 10.3. The number of anilines is 1. The van der Waals surface area contributed by atoms with Crippen molar-refractivity contribution in [1.82, 2.24) is 0 Å². The molecule has 1 heterocycles. The minimum atomic E-state index is 0.0863. The monoisotopic (exact) mass is 230 g/mol. The molecule has 2 aromatic rings. The fraction of sp³-hybridized carbons (Fsp3) is 0.286. The minimum absolute atomic E-state index is 0.0863. The highest BCUT2D eigenvalue weighted by molar-refractivity contribution is 5.47. The van der Waals surface area contributed by atoms with Crippen LogP contribution >= 0.6 is 0 Å². The van der Waals surface area contributed by atoms with Gasteiger partial charge in [-0.05, 0) is 30.7 Å². The van der Waals surface area contributed by atoms with Crippen LogP contribution in [0.25, 0.3) is 0 Å². The van der Waals surface area contributed by atoms with Crippen molar-refractivity contribution in [3.63, 3.8) is 0 Å². The van der Waals surface area contributed by atoms with Crippen LogP contribution in [0.5, 0.6) is 0 Å². The second kappa shape index (κ2) is 5.06. The average Bonchev–Trinajstić information content (AvgIpc) is 2.82. The molecule has 0 spiro atoms. The molecule has 0 unspecified atom stereocenters. The molecule has 1 aromatic carbocycles. The lowest BCUT2D eigenvalue weighted by Gasteiger charge is -2.19. The summed E-state index contributed by atoms with van der Waals surface area (Å²) in [6.45, 7) is 2.83. The summed E-state index contributed by atoms with van der Waals surface area (Å²) in [5.74, 6) is 0. The third kappa shape index (κ3) is 2.88. The summed E-state index contributed by atoms with van der Waals surface area (Å²) in [6, 6.07) is 10.4. The first-order valence-corrected chi connectivity index (χ1v) is 5.74.